The van der Waals surface area contributed by atoms with Crippen molar-refractivity contribution < 1.29 is 24.5 Å². The SMILES string of the molecule is C[C@H](Oc1ccc(C=NCc2ccc(C(=O)O)cc2)cc1)C(=O)O. The monoisotopic (exact) mass is 327 g/mol. The number of aliphatic imine (C=N–C) groups is 1. The summed E-state index contributed by atoms with van der Waals surface area (Å²) in [4.78, 5) is 25.8. The number of benzene rings is 2. The highest BCUT2D eigenvalue weighted by molar-refractivity contribution is 5.87. The number of carboxylic acids is 2. The van der Waals surface area contributed by atoms with Crippen LogP contribution in [-0.4, -0.2) is 34.5 Å². The molecule has 2 rings (SSSR count). The Labute approximate surface area is 139 Å². The van der Waals surface area contributed by atoms with Crippen molar-refractivity contribution in [3.05, 3.63) is 65.2 Å². The summed E-state index contributed by atoms with van der Waals surface area (Å²) in [5.41, 5.74) is 2.01. The van der Waals surface area contributed by atoms with Crippen LogP contribution >= 0.6 is 0 Å². The third-order valence-corrected chi connectivity index (χ3v) is 3.26. The van der Waals surface area contributed by atoms with E-state index < -0.39 is 18.0 Å². The molecule has 0 aliphatic heterocycles. The first kappa shape index (κ1) is 17.2. The predicted molar refractivity (Wildman–Crippen MR) is 88.9 cm³/mol. The molecule has 0 saturated heterocycles. The van der Waals surface area contributed by atoms with Gasteiger partial charge in [0.2, 0.25) is 0 Å². The normalized spacial score (nSPS) is 12.0. The van der Waals surface area contributed by atoms with Gasteiger partial charge in [-0.1, -0.05) is 12.1 Å². The van der Waals surface area contributed by atoms with Crippen molar-refractivity contribution in [1.29, 1.82) is 0 Å². The fourth-order valence-corrected chi connectivity index (χ4v) is 1.90. The lowest BCUT2D eigenvalue weighted by Gasteiger charge is -2.09. The molecule has 2 N–H and O–H groups in total. The molecule has 0 spiro atoms. The highest BCUT2D eigenvalue weighted by atomic mass is 16.5. The highest BCUT2D eigenvalue weighted by Crippen LogP contribution is 2.13. The molecule has 6 nitrogen and oxygen atoms in total. The maximum Gasteiger partial charge on any atom is 0.344 e. The van der Waals surface area contributed by atoms with Crippen LogP contribution in [0.4, 0.5) is 0 Å². The lowest BCUT2D eigenvalue weighted by molar-refractivity contribution is -0.144. The Kier molecular flexibility index (Phi) is 5.68. The molecule has 1 atom stereocenters. The second kappa shape index (κ2) is 7.92. The van der Waals surface area contributed by atoms with Gasteiger partial charge >= 0.3 is 11.9 Å². The van der Waals surface area contributed by atoms with E-state index in [1.807, 2.05) is 0 Å². The summed E-state index contributed by atoms with van der Waals surface area (Å²) in [6.45, 7) is 1.90. The van der Waals surface area contributed by atoms with Crippen LogP contribution in [0.3, 0.4) is 0 Å². The van der Waals surface area contributed by atoms with Crippen molar-refractivity contribution in [2.45, 2.75) is 19.6 Å². The fourth-order valence-electron chi connectivity index (χ4n) is 1.90. The average Bonchev–Trinajstić information content (AvgIpc) is 2.56. The van der Waals surface area contributed by atoms with E-state index in [1.54, 1.807) is 54.7 Å². The Morgan fingerprint density at radius 2 is 1.71 bits per heavy atom. The number of carboxylic acid groups (broad SMARTS) is 2. The Bertz CT molecular complexity index is 735. The van der Waals surface area contributed by atoms with Gasteiger partial charge in [-0.15, -0.1) is 0 Å². The van der Waals surface area contributed by atoms with Crippen molar-refractivity contribution in [2.75, 3.05) is 0 Å². The lowest BCUT2D eigenvalue weighted by Crippen LogP contribution is -2.22. The standard InChI is InChI=1S/C18H17NO5/c1-12(17(20)21)24-16-8-4-14(5-9-16)11-19-10-13-2-6-15(7-3-13)18(22)23/h2-9,11-12H,10H2,1H3,(H,20,21)(H,22,23)/t12-/m0/s1. The molecule has 124 valence electrons. The van der Waals surface area contributed by atoms with Crippen molar-refractivity contribution in [2.24, 2.45) is 4.99 Å². The van der Waals surface area contributed by atoms with Gasteiger partial charge in [-0.05, 0) is 54.4 Å². The van der Waals surface area contributed by atoms with Gasteiger partial charge in [0, 0.05) is 6.21 Å². The van der Waals surface area contributed by atoms with E-state index in [-0.39, 0.29) is 5.56 Å². The maximum atomic E-state index is 10.8. The van der Waals surface area contributed by atoms with E-state index in [1.165, 1.54) is 6.92 Å². The molecule has 0 aliphatic rings. The molecular formula is C18H17NO5. The molecular weight excluding hydrogens is 310 g/mol. The maximum absolute atomic E-state index is 10.8. The summed E-state index contributed by atoms with van der Waals surface area (Å²) >= 11 is 0. The van der Waals surface area contributed by atoms with E-state index >= 15 is 0 Å². The topological polar surface area (TPSA) is 96.2 Å². The molecule has 6 heteroatoms. The predicted octanol–water partition coefficient (Wildman–Crippen LogP) is 2.86. The van der Waals surface area contributed by atoms with Gasteiger partial charge in [-0.25, -0.2) is 9.59 Å². The molecule has 2 aromatic carbocycles. The van der Waals surface area contributed by atoms with Crippen LogP contribution in [0.5, 0.6) is 5.75 Å². The van der Waals surface area contributed by atoms with Crippen molar-refractivity contribution in [3.8, 4) is 5.75 Å². The van der Waals surface area contributed by atoms with E-state index in [9.17, 15) is 9.59 Å². The Balaban J connectivity index is 1.92. The van der Waals surface area contributed by atoms with Crippen LogP contribution in [0.25, 0.3) is 0 Å². The van der Waals surface area contributed by atoms with E-state index in [0.29, 0.717) is 12.3 Å². The number of ether oxygens (including phenoxy) is 1. The van der Waals surface area contributed by atoms with Crippen molar-refractivity contribution in [1.82, 2.24) is 0 Å². The van der Waals surface area contributed by atoms with Gasteiger partial charge in [0.05, 0.1) is 12.1 Å². The van der Waals surface area contributed by atoms with Gasteiger partial charge in [-0.2, -0.15) is 0 Å². The largest absolute Gasteiger partial charge is 0.479 e. The van der Waals surface area contributed by atoms with Crippen LogP contribution in [0.2, 0.25) is 0 Å². The first-order valence-corrected chi connectivity index (χ1v) is 7.27. The Hall–Kier alpha value is -3.15. The molecule has 0 bridgehead atoms. The minimum atomic E-state index is -1.02. The number of aromatic carboxylic acids is 1. The number of hydrogen-bond donors (Lipinski definition) is 2. The van der Waals surface area contributed by atoms with Crippen LogP contribution in [0.1, 0.15) is 28.4 Å². The number of aliphatic carboxylic acids is 1. The highest BCUT2D eigenvalue weighted by Gasteiger charge is 2.11. The molecule has 0 heterocycles. The summed E-state index contributed by atoms with van der Waals surface area (Å²) in [5.74, 6) is -1.49. The Morgan fingerprint density at radius 3 is 2.25 bits per heavy atom. The smallest absolute Gasteiger partial charge is 0.344 e. The van der Waals surface area contributed by atoms with Crippen LogP contribution < -0.4 is 4.74 Å². The number of nitrogens with zero attached hydrogens (tertiary/aromatic N) is 1. The third-order valence-electron chi connectivity index (χ3n) is 3.26. The van der Waals surface area contributed by atoms with Gasteiger partial charge in [-0.3, -0.25) is 4.99 Å². The molecule has 0 unspecified atom stereocenters. The summed E-state index contributed by atoms with van der Waals surface area (Å²) < 4.78 is 5.24. The molecule has 2 aromatic rings. The molecule has 0 amide bonds. The van der Waals surface area contributed by atoms with Crippen molar-refractivity contribution >= 4 is 18.2 Å². The van der Waals surface area contributed by atoms with E-state index in [2.05, 4.69) is 4.99 Å². The minimum absolute atomic E-state index is 0.244. The second-order valence-electron chi connectivity index (χ2n) is 5.14. The zero-order chi connectivity index (χ0) is 17.5. The van der Waals surface area contributed by atoms with Crippen LogP contribution in [0, 0.1) is 0 Å². The van der Waals surface area contributed by atoms with E-state index in [0.717, 1.165) is 11.1 Å². The molecule has 0 fully saturated rings. The fraction of sp³-hybridized carbons (Fsp3) is 0.167. The van der Waals surface area contributed by atoms with E-state index in [4.69, 9.17) is 14.9 Å². The summed E-state index contributed by atoms with van der Waals surface area (Å²) in [6.07, 6.45) is 0.786. The minimum Gasteiger partial charge on any atom is -0.479 e. The van der Waals surface area contributed by atoms with Gasteiger partial charge < -0.3 is 14.9 Å². The summed E-state index contributed by atoms with van der Waals surface area (Å²) in [7, 11) is 0. The summed E-state index contributed by atoms with van der Waals surface area (Å²) in [5, 5.41) is 17.6. The molecule has 0 radical (unpaired) electrons. The van der Waals surface area contributed by atoms with Gasteiger partial charge in [0.1, 0.15) is 5.75 Å². The van der Waals surface area contributed by atoms with Crippen LogP contribution in [0.15, 0.2) is 53.5 Å². The first-order valence-electron chi connectivity index (χ1n) is 7.27. The van der Waals surface area contributed by atoms with Gasteiger partial charge in [0.25, 0.3) is 0 Å². The molecule has 0 aliphatic carbocycles. The molecule has 24 heavy (non-hydrogen) atoms. The first-order chi connectivity index (χ1) is 11.5. The van der Waals surface area contributed by atoms with Crippen LogP contribution in [-0.2, 0) is 11.3 Å². The lowest BCUT2D eigenvalue weighted by atomic mass is 10.1. The Morgan fingerprint density at radius 1 is 1.08 bits per heavy atom. The van der Waals surface area contributed by atoms with Crippen molar-refractivity contribution in [3.63, 3.8) is 0 Å². The summed E-state index contributed by atoms with van der Waals surface area (Å²) in [6, 6.07) is 13.5. The number of carbonyl (C=O) groups is 2. The average molecular weight is 327 g/mol. The molecule has 0 saturated carbocycles. The number of hydrogen-bond acceptors (Lipinski definition) is 4. The quantitative estimate of drug-likeness (QED) is 0.762. The zero-order valence-electron chi connectivity index (χ0n) is 13.0. The number of rotatable bonds is 7. The molecule has 0 aromatic heterocycles. The second-order valence-corrected chi connectivity index (χ2v) is 5.14. The van der Waals surface area contributed by atoms with Gasteiger partial charge in [0.15, 0.2) is 6.10 Å². The zero-order valence-corrected chi connectivity index (χ0v) is 13.0. The third kappa shape index (κ3) is 4.95.